The lowest BCUT2D eigenvalue weighted by Gasteiger charge is -2.28. The van der Waals surface area contributed by atoms with E-state index in [0.29, 0.717) is 18.8 Å². The van der Waals surface area contributed by atoms with Gasteiger partial charge in [-0.3, -0.25) is 9.48 Å². The number of methoxy groups -OCH3 is 2. The largest absolute Gasteiger partial charge is 0.493 e. The van der Waals surface area contributed by atoms with Gasteiger partial charge in [-0.05, 0) is 49.6 Å². The predicted octanol–water partition coefficient (Wildman–Crippen LogP) is 2.65. The van der Waals surface area contributed by atoms with Gasteiger partial charge in [-0.15, -0.1) is 0 Å². The normalized spacial score (nSPS) is 13.8. The van der Waals surface area contributed by atoms with Crippen molar-refractivity contribution in [1.29, 1.82) is 0 Å². The van der Waals surface area contributed by atoms with Gasteiger partial charge in [0.15, 0.2) is 11.5 Å². The first-order valence-electron chi connectivity index (χ1n) is 8.65. The van der Waals surface area contributed by atoms with Gasteiger partial charge in [-0.2, -0.15) is 5.10 Å². The van der Waals surface area contributed by atoms with Crippen molar-refractivity contribution in [3.63, 3.8) is 0 Å². The van der Waals surface area contributed by atoms with Gasteiger partial charge in [0, 0.05) is 37.5 Å². The summed E-state index contributed by atoms with van der Waals surface area (Å²) in [6.45, 7) is 5.22. The SMILES string of the molecule is COc1cc2c(cc1OC)CN(C(=O)C=Cc1c(C)nn(C)c1C)CC2. The molecule has 6 nitrogen and oxygen atoms in total. The van der Waals surface area contributed by atoms with Gasteiger partial charge >= 0.3 is 0 Å². The van der Waals surface area contributed by atoms with Gasteiger partial charge in [-0.1, -0.05) is 0 Å². The molecule has 26 heavy (non-hydrogen) atoms. The third-order valence-corrected chi connectivity index (χ3v) is 4.99. The van der Waals surface area contributed by atoms with Crippen LogP contribution in [0.2, 0.25) is 0 Å². The van der Waals surface area contributed by atoms with Crippen LogP contribution in [-0.2, 0) is 24.8 Å². The Morgan fingerprint density at radius 1 is 1.15 bits per heavy atom. The summed E-state index contributed by atoms with van der Waals surface area (Å²) in [5.74, 6) is 1.43. The molecule has 0 saturated carbocycles. The molecule has 0 aliphatic carbocycles. The Kier molecular flexibility index (Phi) is 5.02. The average Bonchev–Trinajstić information content (AvgIpc) is 2.89. The van der Waals surface area contributed by atoms with Crippen molar-refractivity contribution in [2.24, 2.45) is 7.05 Å². The number of carbonyl (C=O) groups is 1. The predicted molar refractivity (Wildman–Crippen MR) is 100 cm³/mol. The van der Waals surface area contributed by atoms with Crippen LogP contribution in [0.3, 0.4) is 0 Å². The second kappa shape index (κ2) is 7.23. The molecule has 1 aliphatic heterocycles. The molecule has 0 saturated heterocycles. The summed E-state index contributed by atoms with van der Waals surface area (Å²) in [6, 6.07) is 3.97. The topological polar surface area (TPSA) is 56.6 Å². The van der Waals surface area contributed by atoms with Crippen LogP contribution in [-0.4, -0.2) is 41.4 Å². The van der Waals surface area contributed by atoms with Crippen LogP contribution < -0.4 is 9.47 Å². The van der Waals surface area contributed by atoms with Crippen molar-refractivity contribution < 1.29 is 14.3 Å². The molecule has 0 atom stereocenters. The number of nitrogens with zero attached hydrogens (tertiary/aromatic N) is 3. The molecular weight excluding hydrogens is 330 g/mol. The zero-order valence-electron chi connectivity index (χ0n) is 16.0. The Bertz CT molecular complexity index is 868. The first-order valence-corrected chi connectivity index (χ1v) is 8.65. The van der Waals surface area contributed by atoms with Gasteiger partial charge in [-0.25, -0.2) is 0 Å². The second-order valence-corrected chi connectivity index (χ2v) is 6.53. The van der Waals surface area contributed by atoms with Crippen LogP contribution in [0.1, 0.15) is 28.1 Å². The highest BCUT2D eigenvalue weighted by Crippen LogP contribution is 2.33. The Morgan fingerprint density at radius 2 is 1.81 bits per heavy atom. The Hall–Kier alpha value is -2.76. The van der Waals surface area contributed by atoms with Crippen molar-refractivity contribution in [1.82, 2.24) is 14.7 Å². The maximum Gasteiger partial charge on any atom is 0.246 e. The number of hydrogen-bond acceptors (Lipinski definition) is 4. The zero-order chi connectivity index (χ0) is 18.8. The van der Waals surface area contributed by atoms with E-state index in [2.05, 4.69) is 5.10 Å². The van der Waals surface area contributed by atoms with E-state index in [1.54, 1.807) is 20.3 Å². The van der Waals surface area contributed by atoms with Gasteiger partial charge in [0.05, 0.1) is 19.9 Å². The number of hydrogen-bond donors (Lipinski definition) is 0. The number of fused-ring (bicyclic) bond motifs is 1. The molecule has 2 heterocycles. The minimum absolute atomic E-state index is 0.00749. The Balaban J connectivity index is 1.78. The van der Waals surface area contributed by atoms with E-state index < -0.39 is 0 Å². The van der Waals surface area contributed by atoms with Gasteiger partial charge in [0.1, 0.15) is 0 Å². The van der Waals surface area contributed by atoms with Crippen molar-refractivity contribution in [2.45, 2.75) is 26.8 Å². The average molecular weight is 355 g/mol. The highest BCUT2D eigenvalue weighted by molar-refractivity contribution is 5.92. The highest BCUT2D eigenvalue weighted by Gasteiger charge is 2.21. The summed E-state index contributed by atoms with van der Waals surface area (Å²) in [6.07, 6.45) is 4.31. The number of amides is 1. The summed E-state index contributed by atoms with van der Waals surface area (Å²) in [5.41, 5.74) is 5.28. The molecular formula is C20H25N3O3. The lowest BCUT2D eigenvalue weighted by atomic mass is 9.98. The van der Waals surface area contributed by atoms with Crippen molar-refractivity contribution in [3.05, 3.63) is 46.3 Å². The van der Waals surface area contributed by atoms with Crippen molar-refractivity contribution >= 4 is 12.0 Å². The third-order valence-electron chi connectivity index (χ3n) is 4.99. The molecule has 1 aromatic carbocycles. The number of rotatable bonds is 4. The first kappa shape index (κ1) is 18.0. The number of carbonyl (C=O) groups excluding carboxylic acids is 1. The molecule has 1 aliphatic rings. The molecule has 0 unspecified atom stereocenters. The summed E-state index contributed by atoms with van der Waals surface area (Å²) >= 11 is 0. The standard InChI is InChI=1S/C20H25N3O3/c1-13-17(14(2)22(3)21-13)6-7-20(24)23-9-8-15-10-18(25-4)19(26-5)11-16(15)12-23/h6-7,10-11H,8-9,12H2,1-5H3. The molecule has 3 rings (SSSR count). The Morgan fingerprint density at radius 3 is 2.38 bits per heavy atom. The molecule has 1 aromatic heterocycles. The molecule has 0 fully saturated rings. The monoisotopic (exact) mass is 355 g/mol. The molecule has 0 spiro atoms. The molecule has 138 valence electrons. The van der Waals surface area contributed by atoms with Crippen molar-refractivity contribution in [3.8, 4) is 11.5 Å². The molecule has 2 aromatic rings. The fraction of sp³-hybridized carbons (Fsp3) is 0.400. The van der Waals surface area contributed by atoms with E-state index in [0.717, 1.165) is 34.7 Å². The van der Waals surface area contributed by atoms with Gasteiger partial charge in [0.25, 0.3) is 0 Å². The molecule has 6 heteroatoms. The lowest BCUT2D eigenvalue weighted by molar-refractivity contribution is -0.126. The number of aromatic nitrogens is 2. The quantitative estimate of drug-likeness (QED) is 0.791. The van der Waals surface area contributed by atoms with E-state index in [4.69, 9.17) is 9.47 Å². The van der Waals surface area contributed by atoms with Gasteiger partial charge in [0.2, 0.25) is 5.91 Å². The van der Waals surface area contributed by atoms with Crippen LogP contribution in [0.4, 0.5) is 0 Å². The summed E-state index contributed by atoms with van der Waals surface area (Å²) < 4.78 is 12.6. The second-order valence-electron chi connectivity index (χ2n) is 6.53. The fourth-order valence-electron chi connectivity index (χ4n) is 3.36. The number of aryl methyl sites for hydroxylation is 2. The maximum absolute atomic E-state index is 12.6. The highest BCUT2D eigenvalue weighted by atomic mass is 16.5. The number of benzene rings is 1. The maximum atomic E-state index is 12.6. The Labute approximate surface area is 154 Å². The van der Waals surface area contributed by atoms with Gasteiger partial charge < -0.3 is 14.4 Å². The lowest BCUT2D eigenvalue weighted by Crippen LogP contribution is -2.34. The minimum Gasteiger partial charge on any atom is -0.493 e. The van der Waals surface area contributed by atoms with E-state index >= 15 is 0 Å². The van der Waals surface area contributed by atoms with E-state index in [1.165, 1.54) is 5.56 Å². The van der Waals surface area contributed by atoms with Crippen LogP contribution in [0.5, 0.6) is 11.5 Å². The fourth-order valence-corrected chi connectivity index (χ4v) is 3.36. The van der Waals surface area contributed by atoms with Crippen LogP contribution in [0, 0.1) is 13.8 Å². The molecule has 0 radical (unpaired) electrons. The summed E-state index contributed by atoms with van der Waals surface area (Å²) in [7, 11) is 5.16. The van der Waals surface area contributed by atoms with E-state index in [9.17, 15) is 4.79 Å². The summed E-state index contributed by atoms with van der Waals surface area (Å²) in [5, 5.41) is 4.38. The van der Waals surface area contributed by atoms with Crippen molar-refractivity contribution in [2.75, 3.05) is 20.8 Å². The summed E-state index contributed by atoms with van der Waals surface area (Å²) in [4.78, 5) is 14.5. The zero-order valence-corrected chi connectivity index (χ0v) is 16.0. The van der Waals surface area contributed by atoms with Crippen LogP contribution in [0.25, 0.3) is 6.08 Å². The first-order chi connectivity index (χ1) is 12.4. The number of ether oxygens (including phenoxy) is 2. The van der Waals surface area contributed by atoms with E-state index in [-0.39, 0.29) is 5.91 Å². The third kappa shape index (κ3) is 3.31. The molecule has 1 amide bonds. The minimum atomic E-state index is 0.00749. The van der Waals surface area contributed by atoms with Crippen LogP contribution >= 0.6 is 0 Å². The molecule has 0 bridgehead atoms. The van der Waals surface area contributed by atoms with E-state index in [1.807, 2.05) is 48.7 Å². The molecule has 0 N–H and O–H groups in total. The van der Waals surface area contributed by atoms with Crippen LogP contribution in [0.15, 0.2) is 18.2 Å². The smallest absolute Gasteiger partial charge is 0.246 e.